The second kappa shape index (κ2) is 4.55. The number of hydroxylamine groups is 1. The first-order chi connectivity index (χ1) is 4.70. The maximum absolute atomic E-state index is 10.4. The second-order valence-electron chi connectivity index (χ2n) is 1.50. The summed E-state index contributed by atoms with van der Waals surface area (Å²) in [6, 6.07) is 0. The van der Waals surface area contributed by atoms with Crippen LogP contribution in [0.3, 0.4) is 0 Å². The average molecular weight is 143 g/mol. The zero-order chi connectivity index (χ0) is 7.98. The molecule has 0 aliphatic carbocycles. The molecule has 0 aromatic heterocycles. The highest BCUT2D eigenvalue weighted by molar-refractivity contribution is 5.83. The lowest BCUT2D eigenvalue weighted by molar-refractivity contribution is -0.153. The van der Waals surface area contributed by atoms with Gasteiger partial charge in [-0.1, -0.05) is 13.5 Å². The molecule has 0 unspecified atom stereocenters. The van der Waals surface area contributed by atoms with Crippen molar-refractivity contribution >= 4 is 11.9 Å². The average Bonchev–Trinajstić information content (AvgIpc) is 1.99. The predicted octanol–water partition coefficient (Wildman–Crippen LogP) is 0.157. The molecule has 4 heteroatoms. The van der Waals surface area contributed by atoms with Gasteiger partial charge in [0.2, 0.25) is 0 Å². The Hall–Kier alpha value is -1.32. The number of amides is 1. The Morgan fingerprint density at radius 3 is 2.70 bits per heavy atom. The molecule has 0 rings (SSSR count). The fraction of sp³-hybridized carbons (Fsp3) is 0.333. The summed E-state index contributed by atoms with van der Waals surface area (Å²) in [5.41, 5.74) is 1.92. The molecule has 0 fully saturated rings. The molecule has 0 heterocycles. The Kier molecular flexibility index (Phi) is 3.95. The van der Waals surface area contributed by atoms with Crippen LogP contribution in [0.2, 0.25) is 0 Å². The lowest BCUT2D eigenvalue weighted by Crippen LogP contribution is -2.25. The van der Waals surface area contributed by atoms with Gasteiger partial charge in [-0.15, -0.1) is 0 Å². The van der Waals surface area contributed by atoms with Gasteiger partial charge >= 0.3 is 5.97 Å². The number of rotatable bonds is 2. The molecule has 0 radical (unpaired) electrons. The maximum atomic E-state index is 10.4. The molecular formula is C6H9NO3. The lowest BCUT2D eigenvalue weighted by atomic mass is 10.5. The molecule has 0 saturated carbocycles. The highest BCUT2D eigenvalue weighted by Crippen LogP contribution is 1.77. The molecule has 0 spiro atoms. The number of nitrogens with one attached hydrogen (secondary N) is 1. The van der Waals surface area contributed by atoms with E-state index in [0.717, 1.165) is 6.08 Å². The quantitative estimate of drug-likeness (QED) is 0.442. The van der Waals surface area contributed by atoms with Gasteiger partial charge in [-0.25, -0.2) is 4.79 Å². The van der Waals surface area contributed by atoms with Gasteiger partial charge in [-0.05, 0) is 0 Å². The molecule has 0 aliphatic rings. The highest BCUT2D eigenvalue weighted by Gasteiger charge is 1.98. The molecule has 56 valence electrons. The second-order valence-corrected chi connectivity index (χ2v) is 1.50. The van der Waals surface area contributed by atoms with E-state index < -0.39 is 5.97 Å². The van der Waals surface area contributed by atoms with E-state index in [1.54, 1.807) is 6.92 Å². The Bertz CT molecular complexity index is 153. The SMILES string of the molecule is C=CC(=O)ONC(=O)CC. The summed E-state index contributed by atoms with van der Waals surface area (Å²) < 4.78 is 0. The summed E-state index contributed by atoms with van der Waals surface area (Å²) in [6.45, 7) is 4.79. The molecule has 0 aromatic rings. The zero-order valence-electron chi connectivity index (χ0n) is 5.72. The van der Waals surface area contributed by atoms with Gasteiger partial charge in [-0.3, -0.25) is 4.79 Å². The van der Waals surface area contributed by atoms with Crippen molar-refractivity contribution < 1.29 is 14.4 Å². The van der Waals surface area contributed by atoms with Gasteiger partial charge in [0.1, 0.15) is 0 Å². The van der Waals surface area contributed by atoms with Crippen molar-refractivity contribution in [3.63, 3.8) is 0 Å². The van der Waals surface area contributed by atoms with Gasteiger partial charge in [0.05, 0.1) is 0 Å². The normalized spacial score (nSPS) is 8.10. The van der Waals surface area contributed by atoms with E-state index in [1.807, 2.05) is 5.48 Å². The Morgan fingerprint density at radius 1 is 1.70 bits per heavy atom. The topological polar surface area (TPSA) is 55.4 Å². The van der Waals surface area contributed by atoms with Crippen molar-refractivity contribution in [3.8, 4) is 0 Å². The van der Waals surface area contributed by atoms with Crippen LogP contribution in [-0.4, -0.2) is 11.9 Å². The molecule has 0 saturated heterocycles. The first-order valence-corrected chi connectivity index (χ1v) is 2.82. The standard InChI is InChI=1S/C6H9NO3/c1-3-5(8)7-10-6(9)4-2/h4H,2-3H2,1H3,(H,7,8). The van der Waals surface area contributed by atoms with E-state index in [9.17, 15) is 9.59 Å². The van der Waals surface area contributed by atoms with Crippen LogP contribution in [0.15, 0.2) is 12.7 Å². The fourth-order valence-electron chi connectivity index (χ4n) is 0.221. The van der Waals surface area contributed by atoms with Crippen molar-refractivity contribution in [1.29, 1.82) is 0 Å². The van der Waals surface area contributed by atoms with E-state index in [1.165, 1.54) is 0 Å². The Balaban J connectivity index is 3.44. The molecule has 0 bridgehead atoms. The number of hydrogen-bond donors (Lipinski definition) is 1. The summed E-state index contributed by atoms with van der Waals surface area (Å²) >= 11 is 0. The van der Waals surface area contributed by atoms with Crippen LogP contribution >= 0.6 is 0 Å². The van der Waals surface area contributed by atoms with Crippen molar-refractivity contribution in [2.45, 2.75) is 13.3 Å². The summed E-state index contributed by atoms with van der Waals surface area (Å²) in [4.78, 5) is 24.9. The number of carbonyl (C=O) groups is 2. The van der Waals surface area contributed by atoms with Crippen LogP contribution in [0.4, 0.5) is 0 Å². The molecular weight excluding hydrogens is 134 g/mol. The third-order valence-electron chi connectivity index (χ3n) is 0.753. The maximum Gasteiger partial charge on any atom is 0.355 e. The number of hydrogen-bond acceptors (Lipinski definition) is 3. The largest absolute Gasteiger partial charge is 0.355 e. The summed E-state index contributed by atoms with van der Waals surface area (Å²) in [5, 5.41) is 0. The van der Waals surface area contributed by atoms with Gasteiger partial charge in [0.25, 0.3) is 5.91 Å². The summed E-state index contributed by atoms with van der Waals surface area (Å²) in [7, 11) is 0. The Morgan fingerprint density at radius 2 is 2.30 bits per heavy atom. The van der Waals surface area contributed by atoms with Crippen molar-refractivity contribution in [2.24, 2.45) is 0 Å². The molecule has 0 aliphatic heterocycles. The van der Waals surface area contributed by atoms with Gasteiger partial charge in [0, 0.05) is 12.5 Å². The van der Waals surface area contributed by atoms with Gasteiger partial charge < -0.3 is 4.84 Å². The first-order valence-electron chi connectivity index (χ1n) is 2.82. The van der Waals surface area contributed by atoms with Crippen LogP contribution in [-0.2, 0) is 14.4 Å². The fourth-order valence-corrected chi connectivity index (χ4v) is 0.221. The zero-order valence-corrected chi connectivity index (χ0v) is 5.72. The third-order valence-corrected chi connectivity index (χ3v) is 0.753. The van der Waals surface area contributed by atoms with E-state index >= 15 is 0 Å². The van der Waals surface area contributed by atoms with E-state index in [-0.39, 0.29) is 12.3 Å². The highest BCUT2D eigenvalue weighted by atomic mass is 16.7. The molecule has 0 aromatic carbocycles. The van der Waals surface area contributed by atoms with E-state index in [0.29, 0.717) is 0 Å². The van der Waals surface area contributed by atoms with Crippen LogP contribution in [0, 0.1) is 0 Å². The third kappa shape index (κ3) is 3.65. The lowest BCUT2D eigenvalue weighted by Gasteiger charge is -1.99. The van der Waals surface area contributed by atoms with Crippen molar-refractivity contribution in [3.05, 3.63) is 12.7 Å². The predicted molar refractivity (Wildman–Crippen MR) is 34.7 cm³/mol. The van der Waals surface area contributed by atoms with Gasteiger partial charge in [0.15, 0.2) is 0 Å². The van der Waals surface area contributed by atoms with Crippen LogP contribution < -0.4 is 5.48 Å². The smallest absolute Gasteiger partial charge is 0.336 e. The Labute approximate surface area is 58.8 Å². The first kappa shape index (κ1) is 8.68. The van der Waals surface area contributed by atoms with Gasteiger partial charge in [-0.2, -0.15) is 5.48 Å². The molecule has 0 atom stereocenters. The summed E-state index contributed by atoms with van der Waals surface area (Å²) in [6.07, 6.45) is 1.25. The molecule has 4 nitrogen and oxygen atoms in total. The molecule has 10 heavy (non-hydrogen) atoms. The van der Waals surface area contributed by atoms with Crippen LogP contribution in [0.5, 0.6) is 0 Å². The minimum Gasteiger partial charge on any atom is -0.336 e. The summed E-state index contributed by atoms with van der Waals surface area (Å²) in [5.74, 6) is -1.00. The van der Waals surface area contributed by atoms with Crippen molar-refractivity contribution in [2.75, 3.05) is 0 Å². The number of carbonyl (C=O) groups excluding carboxylic acids is 2. The van der Waals surface area contributed by atoms with Crippen molar-refractivity contribution in [1.82, 2.24) is 5.48 Å². The van der Waals surface area contributed by atoms with Crippen LogP contribution in [0.25, 0.3) is 0 Å². The molecule has 1 N–H and O–H groups in total. The minimum absolute atomic E-state index is 0.282. The van der Waals surface area contributed by atoms with E-state index in [4.69, 9.17) is 0 Å². The van der Waals surface area contributed by atoms with E-state index in [2.05, 4.69) is 11.4 Å². The van der Waals surface area contributed by atoms with Crippen LogP contribution in [0.1, 0.15) is 13.3 Å². The minimum atomic E-state index is -0.665. The monoisotopic (exact) mass is 143 g/mol. The molecule has 1 amide bonds.